The summed E-state index contributed by atoms with van der Waals surface area (Å²) in [5.74, 6) is 0.561. The fraction of sp³-hybridized carbons (Fsp3) is 0.364. The number of carbonyl (C=O) groups excluding carboxylic acids is 1. The summed E-state index contributed by atoms with van der Waals surface area (Å²) in [6.45, 7) is 2.87. The first-order valence-electron chi connectivity index (χ1n) is 4.74. The van der Waals surface area contributed by atoms with Gasteiger partial charge in [-0.25, -0.2) is 4.79 Å². The van der Waals surface area contributed by atoms with E-state index in [2.05, 4.69) is 0 Å². The van der Waals surface area contributed by atoms with Crippen LogP contribution in [0.5, 0.6) is 5.75 Å². The van der Waals surface area contributed by atoms with Crippen molar-refractivity contribution in [3.05, 3.63) is 29.3 Å². The first-order chi connectivity index (χ1) is 6.83. The molecule has 0 amide bonds. The zero-order valence-electron chi connectivity index (χ0n) is 8.08. The smallest absolute Gasteiger partial charge is 0.338 e. The Labute approximate surface area is 82.6 Å². The molecule has 0 unspecified atom stereocenters. The minimum absolute atomic E-state index is 0.255. The van der Waals surface area contributed by atoms with Crippen molar-refractivity contribution < 1.29 is 14.3 Å². The number of carbonyl (C=O) groups is 1. The van der Waals surface area contributed by atoms with E-state index in [4.69, 9.17) is 9.47 Å². The highest BCUT2D eigenvalue weighted by molar-refractivity contribution is 5.92. The molecule has 0 atom stereocenters. The molecule has 0 bridgehead atoms. The van der Waals surface area contributed by atoms with Crippen LogP contribution in [0.4, 0.5) is 0 Å². The Morgan fingerprint density at radius 1 is 1.57 bits per heavy atom. The van der Waals surface area contributed by atoms with E-state index in [0.717, 1.165) is 17.7 Å². The Morgan fingerprint density at radius 3 is 3.21 bits per heavy atom. The van der Waals surface area contributed by atoms with E-state index < -0.39 is 0 Å². The van der Waals surface area contributed by atoms with Gasteiger partial charge in [-0.15, -0.1) is 0 Å². The van der Waals surface area contributed by atoms with Crippen LogP contribution in [0.2, 0.25) is 0 Å². The first-order valence-corrected chi connectivity index (χ1v) is 4.74. The monoisotopic (exact) mass is 192 g/mol. The van der Waals surface area contributed by atoms with Crippen molar-refractivity contribution in [2.75, 3.05) is 13.2 Å². The van der Waals surface area contributed by atoms with Crippen LogP contribution in [0.15, 0.2) is 18.2 Å². The van der Waals surface area contributed by atoms with E-state index in [0.29, 0.717) is 18.8 Å². The summed E-state index contributed by atoms with van der Waals surface area (Å²) in [5, 5.41) is 0. The van der Waals surface area contributed by atoms with Crippen molar-refractivity contribution in [3.63, 3.8) is 0 Å². The topological polar surface area (TPSA) is 35.5 Å². The molecule has 74 valence electrons. The second-order valence-corrected chi connectivity index (χ2v) is 3.10. The molecular weight excluding hydrogens is 180 g/mol. The fourth-order valence-electron chi connectivity index (χ4n) is 1.62. The van der Waals surface area contributed by atoms with Crippen LogP contribution in [0, 0.1) is 0 Å². The Bertz CT molecular complexity index is 358. The van der Waals surface area contributed by atoms with Crippen LogP contribution >= 0.6 is 0 Å². The normalized spacial score (nSPS) is 13.2. The van der Waals surface area contributed by atoms with Crippen LogP contribution in [-0.4, -0.2) is 19.2 Å². The fourth-order valence-corrected chi connectivity index (χ4v) is 1.62. The molecule has 0 aromatic heterocycles. The van der Waals surface area contributed by atoms with Crippen LogP contribution in [0.25, 0.3) is 0 Å². The average Bonchev–Trinajstić information content (AvgIpc) is 2.65. The summed E-state index contributed by atoms with van der Waals surface area (Å²) in [7, 11) is 0. The maximum atomic E-state index is 11.5. The molecule has 1 aromatic rings. The maximum Gasteiger partial charge on any atom is 0.338 e. The van der Waals surface area contributed by atoms with E-state index in [-0.39, 0.29) is 5.97 Å². The molecular formula is C11H12O3. The van der Waals surface area contributed by atoms with Crippen molar-refractivity contribution in [2.45, 2.75) is 13.3 Å². The summed E-state index contributed by atoms with van der Waals surface area (Å²) >= 11 is 0. The quantitative estimate of drug-likeness (QED) is 0.670. The first kappa shape index (κ1) is 9.06. The molecule has 3 nitrogen and oxygen atoms in total. The third-order valence-electron chi connectivity index (χ3n) is 2.24. The third kappa shape index (κ3) is 1.45. The lowest BCUT2D eigenvalue weighted by Crippen LogP contribution is -2.07. The zero-order valence-corrected chi connectivity index (χ0v) is 8.08. The molecule has 0 fully saturated rings. The molecule has 0 aliphatic carbocycles. The van der Waals surface area contributed by atoms with Gasteiger partial charge in [0.2, 0.25) is 0 Å². The lowest BCUT2D eigenvalue weighted by atomic mass is 10.1. The molecule has 0 spiro atoms. The number of hydrogen-bond acceptors (Lipinski definition) is 3. The van der Waals surface area contributed by atoms with Crippen molar-refractivity contribution in [1.82, 2.24) is 0 Å². The van der Waals surface area contributed by atoms with Gasteiger partial charge in [0, 0.05) is 12.0 Å². The average molecular weight is 192 g/mol. The minimum atomic E-state index is -0.255. The predicted octanol–water partition coefficient (Wildman–Crippen LogP) is 1.80. The Kier molecular flexibility index (Phi) is 2.39. The van der Waals surface area contributed by atoms with Crippen molar-refractivity contribution in [2.24, 2.45) is 0 Å². The van der Waals surface area contributed by atoms with Gasteiger partial charge in [-0.2, -0.15) is 0 Å². The summed E-state index contributed by atoms with van der Waals surface area (Å²) in [6, 6.07) is 5.48. The van der Waals surface area contributed by atoms with Crippen LogP contribution in [0.1, 0.15) is 22.8 Å². The number of hydrogen-bond donors (Lipinski definition) is 0. The van der Waals surface area contributed by atoms with E-state index in [1.807, 2.05) is 12.1 Å². The maximum absolute atomic E-state index is 11.5. The Hall–Kier alpha value is -1.51. The van der Waals surface area contributed by atoms with Crippen molar-refractivity contribution in [3.8, 4) is 5.75 Å². The van der Waals surface area contributed by atoms with Crippen LogP contribution < -0.4 is 4.74 Å². The Morgan fingerprint density at radius 2 is 2.43 bits per heavy atom. The molecule has 0 saturated heterocycles. The van der Waals surface area contributed by atoms with E-state index in [9.17, 15) is 4.79 Å². The number of ether oxygens (including phenoxy) is 2. The second kappa shape index (κ2) is 3.70. The Balaban J connectivity index is 2.34. The molecule has 1 heterocycles. The summed E-state index contributed by atoms with van der Waals surface area (Å²) in [4.78, 5) is 11.5. The number of rotatable bonds is 2. The zero-order chi connectivity index (χ0) is 9.97. The van der Waals surface area contributed by atoms with Gasteiger partial charge in [0.15, 0.2) is 0 Å². The second-order valence-electron chi connectivity index (χ2n) is 3.10. The summed E-state index contributed by atoms with van der Waals surface area (Å²) in [6.07, 6.45) is 0.796. The molecule has 2 rings (SSSR count). The molecule has 14 heavy (non-hydrogen) atoms. The lowest BCUT2D eigenvalue weighted by Gasteiger charge is -2.05. The standard InChI is InChI=1S/C11H12O3/c1-2-13-11(12)9-4-3-5-10-8(9)6-7-14-10/h3-5H,2,6-7H2,1H3. The van der Waals surface area contributed by atoms with Gasteiger partial charge >= 0.3 is 5.97 Å². The lowest BCUT2D eigenvalue weighted by molar-refractivity contribution is 0.0525. The highest BCUT2D eigenvalue weighted by Gasteiger charge is 2.20. The minimum Gasteiger partial charge on any atom is -0.493 e. The predicted molar refractivity (Wildman–Crippen MR) is 51.6 cm³/mol. The van der Waals surface area contributed by atoms with Crippen LogP contribution in [-0.2, 0) is 11.2 Å². The summed E-state index contributed by atoms with van der Waals surface area (Å²) in [5.41, 5.74) is 1.62. The molecule has 0 saturated carbocycles. The van der Waals surface area contributed by atoms with Gasteiger partial charge in [0.05, 0.1) is 18.8 Å². The molecule has 1 aliphatic rings. The highest BCUT2D eigenvalue weighted by atomic mass is 16.5. The van der Waals surface area contributed by atoms with Gasteiger partial charge in [-0.3, -0.25) is 0 Å². The van der Waals surface area contributed by atoms with Gasteiger partial charge in [-0.1, -0.05) is 6.07 Å². The van der Waals surface area contributed by atoms with Crippen LogP contribution in [0.3, 0.4) is 0 Å². The van der Waals surface area contributed by atoms with Gasteiger partial charge in [-0.05, 0) is 19.1 Å². The number of benzene rings is 1. The van der Waals surface area contributed by atoms with Gasteiger partial charge in [0.1, 0.15) is 5.75 Å². The molecule has 3 heteroatoms. The van der Waals surface area contributed by atoms with E-state index in [1.165, 1.54) is 0 Å². The third-order valence-corrected chi connectivity index (χ3v) is 2.24. The van der Waals surface area contributed by atoms with Gasteiger partial charge in [0.25, 0.3) is 0 Å². The number of esters is 1. The molecule has 0 N–H and O–H groups in total. The van der Waals surface area contributed by atoms with Crippen molar-refractivity contribution in [1.29, 1.82) is 0 Å². The molecule has 1 aromatic carbocycles. The largest absolute Gasteiger partial charge is 0.493 e. The molecule has 1 aliphatic heterocycles. The summed E-state index contributed by atoms with van der Waals surface area (Å²) < 4.78 is 10.3. The van der Waals surface area contributed by atoms with E-state index >= 15 is 0 Å². The SMILES string of the molecule is CCOC(=O)c1cccc2c1CCO2. The van der Waals surface area contributed by atoms with Gasteiger partial charge < -0.3 is 9.47 Å². The van der Waals surface area contributed by atoms with Crippen molar-refractivity contribution >= 4 is 5.97 Å². The highest BCUT2D eigenvalue weighted by Crippen LogP contribution is 2.28. The van der Waals surface area contributed by atoms with E-state index in [1.54, 1.807) is 13.0 Å². The molecule has 0 radical (unpaired) electrons. The number of fused-ring (bicyclic) bond motifs is 1.